The summed E-state index contributed by atoms with van der Waals surface area (Å²) in [7, 11) is -4.43. The Balaban J connectivity index is 3.59. The smallest absolute Gasteiger partial charge is 0.463 e. The van der Waals surface area contributed by atoms with Crippen molar-refractivity contribution in [3.05, 3.63) is 60.8 Å². The molecule has 0 rings (SSSR count). The Hall–Kier alpha value is -2.29. The third kappa shape index (κ3) is 46.6. The predicted octanol–water partition coefficient (Wildman–Crippen LogP) is 13.7. The average Bonchev–Trinajstić information content (AvgIpc) is 3.22. The second kappa shape index (κ2) is 45.2. The number of rotatable bonds is 44. The number of carbonyl (C=O) groups excluding carboxylic acids is 2. The molecule has 1 amide bonds. The van der Waals surface area contributed by atoms with Crippen LogP contribution in [0.3, 0.4) is 0 Å². The highest BCUT2D eigenvalue weighted by Crippen LogP contribution is 2.42. The molecule has 0 heterocycles. The van der Waals surface area contributed by atoms with Gasteiger partial charge in [0.25, 0.3) is 0 Å². The molecule has 342 valence electrons. The fourth-order valence-electron chi connectivity index (χ4n) is 6.37. The van der Waals surface area contributed by atoms with Crippen molar-refractivity contribution in [2.24, 2.45) is 0 Å². The Labute approximate surface area is 361 Å². The number of phosphoric ester groups is 1. The molecule has 2 unspecified atom stereocenters. The molecule has 0 bridgehead atoms. The highest BCUT2D eigenvalue weighted by Gasteiger charge is 2.23. The van der Waals surface area contributed by atoms with E-state index >= 15 is 0 Å². The SMILES string of the molecule is CC/C=C\C/C=C\C/C=C\C/C=C\CCCCC(=O)OCC(O)COP(=O)(O)OCCNC(=O)CCCCCCCCCCCCCCC/C=C/CCCCCCCC. The van der Waals surface area contributed by atoms with Crippen LogP contribution in [-0.2, 0) is 27.9 Å². The average molecular weight is 850 g/mol. The van der Waals surface area contributed by atoms with E-state index in [2.05, 4.69) is 79.9 Å². The zero-order chi connectivity index (χ0) is 43.2. The second-order valence-electron chi connectivity index (χ2n) is 15.7. The van der Waals surface area contributed by atoms with E-state index in [0.29, 0.717) is 12.8 Å². The number of hydrogen-bond acceptors (Lipinski definition) is 7. The summed E-state index contributed by atoms with van der Waals surface area (Å²) in [6.45, 7) is 3.40. The van der Waals surface area contributed by atoms with Gasteiger partial charge in [-0.1, -0.05) is 177 Å². The van der Waals surface area contributed by atoms with Crippen LogP contribution in [0, 0.1) is 0 Å². The molecule has 0 aliphatic heterocycles. The summed E-state index contributed by atoms with van der Waals surface area (Å²) in [5, 5.41) is 12.7. The van der Waals surface area contributed by atoms with Gasteiger partial charge in [-0.05, 0) is 77.0 Å². The van der Waals surface area contributed by atoms with Crippen molar-refractivity contribution in [1.29, 1.82) is 0 Å². The van der Waals surface area contributed by atoms with E-state index in [1.54, 1.807) is 0 Å². The second-order valence-corrected chi connectivity index (χ2v) is 17.1. The van der Waals surface area contributed by atoms with Crippen LogP contribution in [0.1, 0.15) is 206 Å². The van der Waals surface area contributed by atoms with Crippen LogP contribution in [0.15, 0.2) is 60.8 Å². The number of allylic oxidation sites excluding steroid dienone is 10. The van der Waals surface area contributed by atoms with Crippen molar-refractivity contribution in [3.8, 4) is 0 Å². The van der Waals surface area contributed by atoms with Crippen LogP contribution in [0.2, 0.25) is 0 Å². The Bertz CT molecular complexity index is 1150. The third-order valence-corrected chi connectivity index (χ3v) is 10.9. The van der Waals surface area contributed by atoms with Crippen molar-refractivity contribution < 1.29 is 37.9 Å². The number of aliphatic hydroxyl groups is 1. The predicted molar refractivity (Wildman–Crippen MR) is 247 cm³/mol. The van der Waals surface area contributed by atoms with Gasteiger partial charge in [0.05, 0.1) is 13.2 Å². The lowest BCUT2D eigenvalue weighted by molar-refractivity contribution is -0.147. The maximum Gasteiger partial charge on any atom is 0.472 e. The summed E-state index contributed by atoms with van der Waals surface area (Å²) in [4.78, 5) is 34.0. The van der Waals surface area contributed by atoms with Gasteiger partial charge in [0.1, 0.15) is 12.7 Å². The van der Waals surface area contributed by atoms with E-state index in [1.165, 1.54) is 116 Å². The van der Waals surface area contributed by atoms with E-state index in [0.717, 1.165) is 57.8 Å². The Morgan fingerprint density at radius 3 is 1.49 bits per heavy atom. The first kappa shape index (κ1) is 56.7. The normalized spacial score (nSPS) is 13.8. The molecule has 0 radical (unpaired) electrons. The first-order valence-corrected chi connectivity index (χ1v) is 25.3. The van der Waals surface area contributed by atoms with E-state index in [-0.39, 0.29) is 32.1 Å². The lowest BCUT2D eigenvalue weighted by atomic mass is 10.0. The number of phosphoric acid groups is 1. The van der Waals surface area contributed by atoms with E-state index in [9.17, 15) is 24.2 Å². The minimum absolute atomic E-state index is 0.0753. The highest BCUT2D eigenvalue weighted by molar-refractivity contribution is 7.47. The molecule has 0 spiro atoms. The lowest BCUT2D eigenvalue weighted by Gasteiger charge is -2.15. The molecular formula is C49H88NO8P. The van der Waals surface area contributed by atoms with E-state index in [1.807, 2.05) is 0 Å². The first-order chi connectivity index (χ1) is 28.8. The fourth-order valence-corrected chi connectivity index (χ4v) is 7.12. The molecule has 0 aliphatic carbocycles. The quantitative estimate of drug-likeness (QED) is 0.0239. The Morgan fingerprint density at radius 2 is 0.966 bits per heavy atom. The molecule has 0 aromatic rings. The van der Waals surface area contributed by atoms with Crippen molar-refractivity contribution in [2.45, 2.75) is 213 Å². The van der Waals surface area contributed by atoms with Crippen molar-refractivity contribution in [3.63, 3.8) is 0 Å². The van der Waals surface area contributed by atoms with Crippen LogP contribution < -0.4 is 5.32 Å². The Morgan fingerprint density at radius 1 is 0.542 bits per heavy atom. The van der Waals surface area contributed by atoms with Gasteiger partial charge in [-0.3, -0.25) is 18.6 Å². The van der Waals surface area contributed by atoms with Crippen LogP contribution >= 0.6 is 7.82 Å². The van der Waals surface area contributed by atoms with Gasteiger partial charge in [-0.15, -0.1) is 0 Å². The largest absolute Gasteiger partial charge is 0.472 e. The molecule has 59 heavy (non-hydrogen) atoms. The Kier molecular flexibility index (Phi) is 43.5. The minimum atomic E-state index is -4.43. The standard InChI is InChI=1S/C49H88NO8P/c1-3-5-7-9-11-13-15-17-19-20-21-22-23-24-25-26-28-29-31-33-35-37-39-41-48(52)50-43-44-57-59(54,55)58-46-47(51)45-56-49(53)42-40-38-36-34-32-30-27-18-16-14-12-10-8-6-4-2/h6,8,12,14,17-19,27,32,34,47,51H,3-5,7,9-11,13,15-16,20-26,28-31,33,35-46H2,1-2H3,(H,50,52)(H,54,55)/b8-6-,14-12-,19-17+,27-18-,34-32-. The molecule has 0 saturated heterocycles. The first-order valence-electron chi connectivity index (χ1n) is 23.8. The van der Waals surface area contributed by atoms with Crippen LogP contribution in [0.4, 0.5) is 0 Å². The molecule has 0 saturated carbocycles. The summed E-state index contributed by atoms with van der Waals surface area (Å²) in [6.07, 6.45) is 54.5. The van der Waals surface area contributed by atoms with E-state index < -0.39 is 26.5 Å². The summed E-state index contributed by atoms with van der Waals surface area (Å²) in [5.41, 5.74) is 0. The summed E-state index contributed by atoms with van der Waals surface area (Å²) in [5.74, 6) is -0.558. The van der Waals surface area contributed by atoms with E-state index in [4.69, 9.17) is 13.8 Å². The van der Waals surface area contributed by atoms with Gasteiger partial charge in [0, 0.05) is 19.4 Å². The molecule has 9 nitrogen and oxygen atoms in total. The molecule has 0 fully saturated rings. The summed E-state index contributed by atoms with van der Waals surface area (Å²) < 4.78 is 26.9. The van der Waals surface area contributed by atoms with Gasteiger partial charge in [-0.25, -0.2) is 4.57 Å². The molecule has 10 heteroatoms. The van der Waals surface area contributed by atoms with Gasteiger partial charge < -0.3 is 20.1 Å². The molecule has 3 N–H and O–H groups in total. The zero-order valence-corrected chi connectivity index (χ0v) is 38.6. The van der Waals surface area contributed by atoms with Crippen LogP contribution in [0.5, 0.6) is 0 Å². The molecule has 0 aromatic heterocycles. The van der Waals surface area contributed by atoms with Crippen molar-refractivity contribution >= 4 is 19.7 Å². The summed E-state index contributed by atoms with van der Waals surface area (Å²) in [6, 6.07) is 0. The molecule has 0 aliphatic rings. The van der Waals surface area contributed by atoms with Gasteiger partial charge in [0.15, 0.2) is 0 Å². The zero-order valence-electron chi connectivity index (χ0n) is 37.7. The third-order valence-electron chi connectivity index (χ3n) is 9.93. The number of carbonyl (C=O) groups is 2. The van der Waals surface area contributed by atoms with Gasteiger partial charge in [-0.2, -0.15) is 0 Å². The van der Waals surface area contributed by atoms with Gasteiger partial charge >= 0.3 is 13.8 Å². The van der Waals surface area contributed by atoms with Gasteiger partial charge in [0.2, 0.25) is 5.91 Å². The van der Waals surface area contributed by atoms with Crippen molar-refractivity contribution in [1.82, 2.24) is 5.32 Å². The molecular weight excluding hydrogens is 762 g/mol. The monoisotopic (exact) mass is 850 g/mol. The lowest BCUT2D eigenvalue weighted by Crippen LogP contribution is -2.27. The number of esters is 1. The summed E-state index contributed by atoms with van der Waals surface area (Å²) >= 11 is 0. The van der Waals surface area contributed by atoms with Crippen LogP contribution in [-0.4, -0.2) is 54.3 Å². The number of hydrogen-bond donors (Lipinski definition) is 3. The number of amides is 1. The number of ether oxygens (including phenoxy) is 1. The number of nitrogens with one attached hydrogen (secondary N) is 1. The number of aliphatic hydroxyl groups excluding tert-OH is 1. The maximum absolute atomic E-state index is 12.1. The molecule has 2 atom stereocenters. The highest BCUT2D eigenvalue weighted by atomic mass is 31.2. The topological polar surface area (TPSA) is 131 Å². The van der Waals surface area contributed by atoms with Crippen LogP contribution in [0.25, 0.3) is 0 Å². The fraction of sp³-hybridized carbons (Fsp3) is 0.755. The van der Waals surface area contributed by atoms with Crippen molar-refractivity contribution in [2.75, 3.05) is 26.4 Å². The number of unbranched alkanes of at least 4 members (excludes halogenated alkanes) is 21. The minimum Gasteiger partial charge on any atom is -0.463 e. The maximum atomic E-state index is 12.1. The molecule has 0 aromatic carbocycles.